The van der Waals surface area contributed by atoms with Crippen LogP contribution in [0.1, 0.15) is 102 Å². The van der Waals surface area contributed by atoms with E-state index in [-0.39, 0.29) is 57.4 Å². The number of benzene rings is 5. The summed E-state index contributed by atoms with van der Waals surface area (Å²) in [5.41, 5.74) is 2.48. The largest absolute Gasteiger partial charge is 0.492 e. The van der Waals surface area contributed by atoms with Crippen molar-refractivity contribution in [3.63, 3.8) is 0 Å². The molecule has 4 N–H and O–H groups in total. The monoisotopic (exact) mass is 816 g/mol. The van der Waals surface area contributed by atoms with E-state index < -0.39 is 23.8 Å². The summed E-state index contributed by atoms with van der Waals surface area (Å²) in [4.78, 5) is 51.5. The molecule has 0 aliphatic rings. The van der Waals surface area contributed by atoms with Gasteiger partial charge in [-0.05, 0) is 109 Å². The van der Waals surface area contributed by atoms with Gasteiger partial charge in [0.25, 0.3) is 11.8 Å². The topological polar surface area (TPSA) is 170 Å². The van der Waals surface area contributed by atoms with Crippen LogP contribution >= 0.6 is 0 Å². The molecule has 5 aromatic carbocycles. The number of para-hydroxylation sites is 1. The van der Waals surface area contributed by atoms with Crippen LogP contribution in [-0.2, 0) is 0 Å². The minimum Gasteiger partial charge on any atom is -0.492 e. The van der Waals surface area contributed by atoms with Crippen LogP contribution in [0.2, 0.25) is 0 Å². The standard InChI is InChI=1S/C48H52N2O10/c1-7-29(4)27-57-41-23-32(15-19-37(41)45(51)49-39-21-17-34(47(53)54)25-43(39)59-31(6)9-3)33-16-20-38(42(24-33)58-28-30(5)8-2)46(52)50-40-22-18-35(48(55)56)26-44(40)60-36-13-11-10-12-14-36/h10-26,29-31H,7-9,27-28H2,1-6H3,(H,49,51)(H,50,52)(H,53,54)(H,55,56). The van der Waals surface area contributed by atoms with Crippen molar-refractivity contribution < 1.29 is 48.3 Å². The second kappa shape index (κ2) is 20.7. The smallest absolute Gasteiger partial charge is 0.335 e. The maximum atomic E-state index is 14.0. The molecule has 2 amide bonds. The summed E-state index contributed by atoms with van der Waals surface area (Å²) in [6, 6.07) is 27.8. The molecule has 0 aliphatic heterocycles. The summed E-state index contributed by atoms with van der Waals surface area (Å²) in [6.07, 6.45) is 2.15. The van der Waals surface area contributed by atoms with E-state index in [1.807, 2.05) is 33.8 Å². The lowest BCUT2D eigenvalue weighted by atomic mass is 10.00. The van der Waals surface area contributed by atoms with Crippen LogP contribution in [0, 0.1) is 11.8 Å². The number of hydrogen-bond donors (Lipinski definition) is 4. The first-order chi connectivity index (χ1) is 28.8. The normalized spacial score (nSPS) is 12.4. The summed E-state index contributed by atoms with van der Waals surface area (Å²) in [7, 11) is 0. The van der Waals surface area contributed by atoms with Gasteiger partial charge in [0.1, 0.15) is 23.0 Å². The molecular weight excluding hydrogens is 765 g/mol. The number of rotatable bonds is 20. The van der Waals surface area contributed by atoms with E-state index in [1.165, 1.54) is 36.4 Å². The maximum Gasteiger partial charge on any atom is 0.335 e. The van der Waals surface area contributed by atoms with Crippen LogP contribution < -0.4 is 29.6 Å². The SMILES string of the molecule is CCC(C)COc1cc(-c2ccc(C(=O)Nc3ccc(C(=O)O)cc3OC(C)CC)c(OCC(C)CC)c2)ccc1C(=O)Nc1ccc(C(=O)O)cc1Oc1ccccc1. The van der Waals surface area contributed by atoms with Crippen LogP contribution in [-0.4, -0.2) is 53.3 Å². The Bertz CT molecular complexity index is 2310. The molecule has 0 fully saturated rings. The highest BCUT2D eigenvalue weighted by Crippen LogP contribution is 2.36. The predicted molar refractivity (Wildman–Crippen MR) is 231 cm³/mol. The molecule has 0 saturated carbocycles. The Morgan fingerprint density at radius 1 is 0.550 bits per heavy atom. The average molecular weight is 817 g/mol. The average Bonchev–Trinajstić information content (AvgIpc) is 3.25. The zero-order valence-corrected chi connectivity index (χ0v) is 34.7. The number of ether oxygens (including phenoxy) is 4. The number of hydrogen-bond acceptors (Lipinski definition) is 8. The zero-order valence-electron chi connectivity index (χ0n) is 34.7. The number of anilines is 2. The van der Waals surface area contributed by atoms with Gasteiger partial charge in [0.2, 0.25) is 0 Å². The quantitative estimate of drug-likeness (QED) is 0.0593. The third-order valence-electron chi connectivity index (χ3n) is 10.1. The molecule has 3 unspecified atom stereocenters. The Balaban J connectivity index is 1.50. The van der Waals surface area contributed by atoms with E-state index in [4.69, 9.17) is 18.9 Å². The first-order valence-corrected chi connectivity index (χ1v) is 20.1. The van der Waals surface area contributed by atoms with Gasteiger partial charge >= 0.3 is 11.9 Å². The first kappa shape index (κ1) is 44.3. The molecule has 12 nitrogen and oxygen atoms in total. The number of carbonyl (C=O) groups excluding carboxylic acids is 2. The van der Waals surface area contributed by atoms with E-state index in [9.17, 15) is 29.4 Å². The van der Waals surface area contributed by atoms with Gasteiger partial charge in [-0.3, -0.25) is 9.59 Å². The second-order valence-corrected chi connectivity index (χ2v) is 14.8. The Labute approximate surface area is 350 Å². The molecule has 0 aliphatic carbocycles. The van der Waals surface area contributed by atoms with E-state index >= 15 is 0 Å². The highest BCUT2D eigenvalue weighted by Gasteiger charge is 2.22. The predicted octanol–water partition coefficient (Wildman–Crippen LogP) is 11.1. The third kappa shape index (κ3) is 11.6. The fourth-order valence-electron chi connectivity index (χ4n) is 5.71. The third-order valence-corrected chi connectivity index (χ3v) is 10.1. The van der Waals surface area contributed by atoms with Crippen molar-refractivity contribution in [3.8, 4) is 39.9 Å². The number of nitrogens with one attached hydrogen (secondary N) is 2. The lowest BCUT2D eigenvalue weighted by molar-refractivity contribution is 0.0685. The first-order valence-electron chi connectivity index (χ1n) is 20.1. The van der Waals surface area contributed by atoms with E-state index in [1.54, 1.807) is 60.7 Å². The number of carboxylic acid groups (broad SMARTS) is 2. The van der Waals surface area contributed by atoms with Crippen molar-refractivity contribution in [2.75, 3.05) is 23.8 Å². The van der Waals surface area contributed by atoms with Crippen LogP contribution in [0.25, 0.3) is 11.1 Å². The van der Waals surface area contributed by atoms with Crippen molar-refractivity contribution in [1.29, 1.82) is 0 Å². The number of carboxylic acids is 2. The Kier molecular flexibility index (Phi) is 15.3. The molecule has 12 heteroatoms. The molecule has 0 aromatic heterocycles. The molecule has 5 aromatic rings. The summed E-state index contributed by atoms with van der Waals surface area (Å²) >= 11 is 0. The second-order valence-electron chi connectivity index (χ2n) is 14.8. The van der Waals surface area contributed by atoms with Crippen molar-refractivity contribution in [3.05, 3.63) is 125 Å². The van der Waals surface area contributed by atoms with E-state index in [2.05, 4.69) is 24.5 Å². The number of amides is 2. The molecule has 60 heavy (non-hydrogen) atoms. The Morgan fingerprint density at radius 3 is 1.47 bits per heavy atom. The molecule has 0 radical (unpaired) electrons. The summed E-state index contributed by atoms with van der Waals surface area (Å²) < 4.78 is 24.6. The van der Waals surface area contributed by atoms with Gasteiger partial charge in [0.05, 0.1) is 52.9 Å². The minimum absolute atomic E-state index is 0.00775. The zero-order chi connectivity index (χ0) is 43.3. The van der Waals surface area contributed by atoms with Gasteiger partial charge in [-0.15, -0.1) is 0 Å². The van der Waals surface area contributed by atoms with Crippen LogP contribution in [0.3, 0.4) is 0 Å². The number of carbonyl (C=O) groups is 4. The molecule has 314 valence electrons. The lowest BCUT2D eigenvalue weighted by Crippen LogP contribution is -2.18. The highest BCUT2D eigenvalue weighted by atomic mass is 16.5. The molecular formula is C48H52N2O10. The van der Waals surface area contributed by atoms with Crippen LogP contribution in [0.15, 0.2) is 103 Å². The van der Waals surface area contributed by atoms with Gasteiger partial charge in [-0.1, -0.05) is 77.8 Å². The summed E-state index contributed by atoms with van der Waals surface area (Å²) in [5, 5.41) is 25.0. The summed E-state index contributed by atoms with van der Waals surface area (Å²) in [5.74, 6) is -1.35. The van der Waals surface area contributed by atoms with Crippen molar-refractivity contribution in [2.24, 2.45) is 11.8 Å². The van der Waals surface area contributed by atoms with Crippen molar-refractivity contribution in [1.82, 2.24) is 0 Å². The Morgan fingerprint density at radius 2 is 1.02 bits per heavy atom. The molecule has 0 heterocycles. The van der Waals surface area contributed by atoms with E-state index in [0.29, 0.717) is 53.7 Å². The molecule has 0 bridgehead atoms. The van der Waals surface area contributed by atoms with Gasteiger partial charge < -0.3 is 39.8 Å². The molecule has 0 spiro atoms. The summed E-state index contributed by atoms with van der Waals surface area (Å²) in [6.45, 7) is 12.7. The van der Waals surface area contributed by atoms with Gasteiger partial charge in [-0.25, -0.2) is 9.59 Å². The van der Waals surface area contributed by atoms with Gasteiger partial charge in [-0.2, -0.15) is 0 Å². The van der Waals surface area contributed by atoms with Gasteiger partial charge in [0.15, 0.2) is 5.75 Å². The Hall–Kier alpha value is -6.82. The van der Waals surface area contributed by atoms with Crippen molar-refractivity contribution >= 4 is 35.1 Å². The lowest BCUT2D eigenvalue weighted by Gasteiger charge is -2.19. The van der Waals surface area contributed by atoms with Gasteiger partial charge in [0, 0.05) is 0 Å². The fourth-order valence-corrected chi connectivity index (χ4v) is 5.71. The number of aromatic carboxylic acids is 2. The van der Waals surface area contributed by atoms with E-state index in [0.717, 1.165) is 12.8 Å². The molecule has 0 saturated heterocycles. The highest BCUT2D eigenvalue weighted by molar-refractivity contribution is 6.09. The van der Waals surface area contributed by atoms with Crippen LogP contribution in [0.5, 0.6) is 28.7 Å². The minimum atomic E-state index is -1.14. The van der Waals surface area contributed by atoms with Crippen molar-refractivity contribution in [2.45, 2.75) is 66.9 Å². The molecule has 5 rings (SSSR count). The van der Waals surface area contributed by atoms with Crippen LogP contribution in [0.4, 0.5) is 11.4 Å². The fraction of sp³-hybridized carbons (Fsp3) is 0.292. The molecule has 3 atom stereocenters. The maximum absolute atomic E-state index is 14.0.